The first-order chi connectivity index (χ1) is 9.28. The van der Waals surface area contributed by atoms with Gasteiger partial charge in [0.15, 0.2) is 0 Å². The number of carbonyl (C=O) groups excluding carboxylic acids is 1. The zero-order chi connectivity index (χ0) is 13.5. The lowest BCUT2D eigenvalue weighted by Gasteiger charge is -2.20. The molecule has 1 saturated carbocycles. The molecule has 0 amide bonds. The van der Waals surface area contributed by atoms with Gasteiger partial charge in [0.1, 0.15) is 5.78 Å². The molecule has 0 aromatic heterocycles. The van der Waals surface area contributed by atoms with Gasteiger partial charge in [0.2, 0.25) is 0 Å². The molecule has 1 aliphatic rings. The summed E-state index contributed by atoms with van der Waals surface area (Å²) in [5.41, 5.74) is 2.52. The molecule has 1 fully saturated rings. The molecule has 0 aliphatic heterocycles. The monoisotopic (exact) mass is 258 g/mol. The normalized spacial score (nSPS) is 16.5. The van der Waals surface area contributed by atoms with Crippen LogP contribution in [0.5, 0.6) is 0 Å². The molecule has 0 saturated heterocycles. The summed E-state index contributed by atoms with van der Waals surface area (Å²) in [7, 11) is 0. The molecule has 0 atom stereocenters. The highest BCUT2D eigenvalue weighted by Gasteiger charge is 2.14. The highest BCUT2D eigenvalue weighted by molar-refractivity contribution is 5.80. The van der Waals surface area contributed by atoms with Crippen molar-refractivity contribution in [2.45, 2.75) is 64.7 Å². The van der Waals surface area contributed by atoms with Crippen LogP contribution < -0.4 is 0 Å². The Hall–Kier alpha value is -1.11. The Morgan fingerprint density at radius 3 is 2.32 bits per heavy atom. The fourth-order valence-corrected chi connectivity index (χ4v) is 3.05. The summed E-state index contributed by atoms with van der Waals surface area (Å²) >= 11 is 0. The van der Waals surface area contributed by atoms with Gasteiger partial charge in [-0.3, -0.25) is 4.79 Å². The van der Waals surface area contributed by atoms with E-state index in [1.54, 1.807) is 0 Å². The number of benzene rings is 1. The molecule has 1 aliphatic carbocycles. The molecule has 104 valence electrons. The quantitative estimate of drug-likeness (QED) is 0.721. The second kappa shape index (κ2) is 7.47. The van der Waals surface area contributed by atoms with E-state index in [0.717, 1.165) is 25.2 Å². The van der Waals surface area contributed by atoms with Gasteiger partial charge < -0.3 is 0 Å². The Labute approximate surface area is 117 Å². The maximum absolute atomic E-state index is 12.0. The molecule has 1 aromatic rings. The van der Waals surface area contributed by atoms with Crippen molar-refractivity contribution in [3.63, 3.8) is 0 Å². The third-order valence-electron chi connectivity index (χ3n) is 4.39. The summed E-state index contributed by atoms with van der Waals surface area (Å²) < 4.78 is 0. The average Bonchev–Trinajstić information content (AvgIpc) is 2.47. The summed E-state index contributed by atoms with van der Waals surface area (Å²) in [5, 5.41) is 0. The Morgan fingerprint density at radius 2 is 1.68 bits per heavy atom. The van der Waals surface area contributed by atoms with E-state index >= 15 is 0 Å². The molecular weight excluding hydrogens is 232 g/mol. The molecule has 19 heavy (non-hydrogen) atoms. The smallest absolute Gasteiger partial charge is 0.137 e. The summed E-state index contributed by atoms with van der Waals surface area (Å²) in [4.78, 5) is 12.0. The molecular formula is C18H26O. The molecule has 1 nitrogen and oxygen atoms in total. The van der Waals surface area contributed by atoms with Crippen LogP contribution >= 0.6 is 0 Å². The van der Waals surface area contributed by atoms with E-state index in [1.807, 2.05) is 0 Å². The maximum Gasteiger partial charge on any atom is 0.137 e. The number of hydrogen-bond donors (Lipinski definition) is 0. The van der Waals surface area contributed by atoms with E-state index in [1.165, 1.54) is 43.2 Å². The van der Waals surface area contributed by atoms with E-state index in [0.29, 0.717) is 12.2 Å². The van der Waals surface area contributed by atoms with E-state index in [2.05, 4.69) is 31.2 Å². The molecule has 0 spiro atoms. The number of aryl methyl sites for hydroxylation is 1. The fourth-order valence-electron chi connectivity index (χ4n) is 3.05. The third-order valence-corrected chi connectivity index (χ3v) is 4.39. The van der Waals surface area contributed by atoms with Gasteiger partial charge in [0.25, 0.3) is 0 Å². The second-order valence-corrected chi connectivity index (χ2v) is 5.93. The van der Waals surface area contributed by atoms with Crippen molar-refractivity contribution >= 4 is 5.78 Å². The molecule has 2 rings (SSSR count). The molecule has 0 radical (unpaired) electrons. The minimum Gasteiger partial charge on any atom is -0.299 e. The minimum absolute atomic E-state index is 0.412. The van der Waals surface area contributed by atoms with Crippen LogP contribution in [0, 0.1) is 5.92 Å². The highest BCUT2D eigenvalue weighted by atomic mass is 16.1. The van der Waals surface area contributed by atoms with E-state index in [9.17, 15) is 4.79 Å². The van der Waals surface area contributed by atoms with E-state index in [-0.39, 0.29) is 0 Å². The molecule has 0 unspecified atom stereocenters. The molecule has 0 N–H and O–H groups in total. The van der Waals surface area contributed by atoms with Crippen LogP contribution in [0.4, 0.5) is 0 Å². The topological polar surface area (TPSA) is 17.1 Å². The number of carbonyl (C=O) groups is 1. The van der Waals surface area contributed by atoms with Crippen LogP contribution in [0.15, 0.2) is 24.3 Å². The van der Waals surface area contributed by atoms with Gasteiger partial charge >= 0.3 is 0 Å². The number of hydrogen-bond acceptors (Lipinski definition) is 1. The minimum atomic E-state index is 0.412. The SMILES string of the molecule is CCc1ccc(CC(=O)CCC2CCCCC2)cc1. The first kappa shape index (κ1) is 14.3. The average molecular weight is 258 g/mol. The molecule has 0 heterocycles. The zero-order valence-corrected chi connectivity index (χ0v) is 12.2. The molecule has 1 heteroatoms. The van der Waals surface area contributed by atoms with Gasteiger partial charge in [-0.25, -0.2) is 0 Å². The maximum atomic E-state index is 12.0. The number of ketones is 1. The second-order valence-electron chi connectivity index (χ2n) is 5.93. The van der Waals surface area contributed by atoms with Crippen LogP contribution in [0.2, 0.25) is 0 Å². The van der Waals surface area contributed by atoms with Gasteiger partial charge in [-0.2, -0.15) is 0 Å². The van der Waals surface area contributed by atoms with Gasteiger partial charge in [0, 0.05) is 12.8 Å². The van der Waals surface area contributed by atoms with Gasteiger partial charge in [-0.05, 0) is 29.9 Å². The molecule has 0 bridgehead atoms. The molecule has 1 aromatic carbocycles. The fraction of sp³-hybridized carbons (Fsp3) is 0.611. The Balaban J connectivity index is 1.73. The van der Waals surface area contributed by atoms with Crippen LogP contribution in [-0.4, -0.2) is 5.78 Å². The Kier molecular flexibility index (Phi) is 5.62. The number of Topliss-reactive ketones (excluding diaryl/α,β-unsaturated/α-hetero) is 1. The summed E-state index contributed by atoms with van der Waals surface area (Å²) in [6, 6.07) is 8.50. The lowest BCUT2D eigenvalue weighted by molar-refractivity contribution is -0.118. The van der Waals surface area contributed by atoms with Crippen LogP contribution in [0.3, 0.4) is 0 Å². The predicted octanol–water partition coefficient (Wildman–Crippen LogP) is 4.72. The summed E-state index contributed by atoms with van der Waals surface area (Å²) in [6.45, 7) is 2.16. The highest BCUT2D eigenvalue weighted by Crippen LogP contribution is 2.27. The predicted molar refractivity (Wildman–Crippen MR) is 80.3 cm³/mol. The van der Waals surface area contributed by atoms with Crippen molar-refractivity contribution in [1.29, 1.82) is 0 Å². The van der Waals surface area contributed by atoms with Gasteiger partial charge in [-0.15, -0.1) is 0 Å². The van der Waals surface area contributed by atoms with Crippen molar-refractivity contribution in [3.05, 3.63) is 35.4 Å². The zero-order valence-electron chi connectivity index (χ0n) is 12.2. The lowest BCUT2D eigenvalue weighted by atomic mass is 9.85. The van der Waals surface area contributed by atoms with E-state index in [4.69, 9.17) is 0 Å². The van der Waals surface area contributed by atoms with Crippen molar-refractivity contribution in [1.82, 2.24) is 0 Å². The Bertz CT molecular complexity index is 385. The van der Waals surface area contributed by atoms with Crippen LogP contribution in [0.1, 0.15) is 63.0 Å². The largest absolute Gasteiger partial charge is 0.299 e. The first-order valence-electron chi connectivity index (χ1n) is 7.87. The van der Waals surface area contributed by atoms with Crippen LogP contribution in [-0.2, 0) is 17.6 Å². The third kappa shape index (κ3) is 4.81. The summed E-state index contributed by atoms with van der Waals surface area (Å²) in [6.07, 6.45) is 10.4. The Morgan fingerprint density at radius 1 is 1.05 bits per heavy atom. The van der Waals surface area contributed by atoms with Crippen LogP contribution in [0.25, 0.3) is 0 Å². The standard InChI is InChI=1S/C18H26O/c1-2-15-8-10-17(11-9-15)14-18(19)13-12-16-6-4-3-5-7-16/h8-11,16H,2-7,12-14H2,1H3. The lowest BCUT2D eigenvalue weighted by Crippen LogP contribution is -2.10. The van der Waals surface area contributed by atoms with Crippen molar-refractivity contribution in [2.24, 2.45) is 5.92 Å². The van der Waals surface area contributed by atoms with E-state index < -0.39 is 0 Å². The van der Waals surface area contributed by atoms with Crippen molar-refractivity contribution in [3.8, 4) is 0 Å². The van der Waals surface area contributed by atoms with Crippen molar-refractivity contribution in [2.75, 3.05) is 0 Å². The first-order valence-corrected chi connectivity index (χ1v) is 7.87. The van der Waals surface area contributed by atoms with Gasteiger partial charge in [-0.1, -0.05) is 63.3 Å². The van der Waals surface area contributed by atoms with Crippen molar-refractivity contribution < 1.29 is 4.79 Å². The summed E-state index contributed by atoms with van der Waals surface area (Å²) in [5.74, 6) is 1.23. The number of rotatable bonds is 6. The van der Waals surface area contributed by atoms with Gasteiger partial charge in [0.05, 0.1) is 0 Å².